The van der Waals surface area contributed by atoms with Crippen LogP contribution in [0.1, 0.15) is 20.8 Å². The van der Waals surface area contributed by atoms with Crippen molar-refractivity contribution in [3.63, 3.8) is 0 Å². The van der Waals surface area contributed by atoms with Crippen molar-refractivity contribution in [2.75, 3.05) is 32.6 Å². The van der Waals surface area contributed by atoms with Gasteiger partial charge in [-0.25, -0.2) is 0 Å². The van der Waals surface area contributed by atoms with E-state index in [1.54, 1.807) is 0 Å². The number of carbonyl (C=O) groups excluding carboxylic acids is 1. The molecule has 0 saturated carbocycles. The monoisotopic (exact) mass is 293 g/mol. The van der Waals surface area contributed by atoms with E-state index in [-0.39, 0.29) is 11.3 Å². The van der Waals surface area contributed by atoms with Gasteiger partial charge in [-0.3, -0.25) is 4.79 Å². The van der Waals surface area contributed by atoms with Crippen LogP contribution in [-0.2, 0) is 4.79 Å². The van der Waals surface area contributed by atoms with E-state index in [1.807, 2.05) is 59.1 Å². The first-order chi connectivity index (χ1) is 9.70. The number of rotatable bonds is 6. The van der Waals surface area contributed by atoms with E-state index >= 15 is 0 Å². The molecule has 118 valence electrons. The summed E-state index contributed by atoms with van der Waals surface area (Å²) in [5, 5.41) is 2.82. The molecule has 0 heterocycles. The van der Waals surface area contributed by atoms with E-state index in [0.29, 0.717) is 6.61 Å². The Morgan fingerprint density at radius 1 is 1.29 bits per heavy atom. The molecule has 5 heteroatoms. The molecule has 1 aromatic rings. The van der Waals surface area contributed by atoms with Gasteiger partial charge in [0.2, 0.25) is 5.91 Å². The summed E-state index contributed by atoms with van der Waals surface area (Å²) < 4.78 is 5.60. The SMILES string of the molecule is CN(C)CCOc1ccc(NC(=O)[C@@H](N)C(C)(C)C)cc1. The first kappa shape index (κ1) is 17.5. The Morgan fingerprint density at radius 3 is 2.33 bits per heavy atom. The predicted molar refractivity (Wildman–Crippen MR) is 86.6 cm³/mol. The van der Waals surface area contributed by atoms with Crippen LogP contribution in [0, 0.1) is 5.41 Å². The van der Waals surface area contributed by atoms with Crippen molar-refractivity contribution in [1.29, 1.82) is 0 Å². The van der Waals surface area contributed by atoms with Gasteiger partial charge in [0, 0.05) is 12.2 Å². The molecule has 5 nitrogen and oxygen atoms in total. The highest BCUT2D eigenvalue weighted by molar-refractivity contribution is 5.95. The van der Waals surface area contributed by atoms with Crippen molar-refractivity contribution in [2.24, 2.45) is 11.1 Å². The number of anilines is 1. The summed E-state index contributed by atoms with van der Waals surface area (Å²) in [5.74, 6) is 0.610. The topological polar surface area (TPSA) is 67.6 Å². The Kier molecular flexibility index (Phi) is 6.18. The summed E-state index contributed by atoms with van der Waals surface area (Å²) in [4.78, 5) is 14.1. The second-order valence-electron chi connectivity index (χ2n) is 6.51. The number of nitrogens with two attached hydrogens (primary N) is 1. The number of ether oxygens (including phenoxy) is 1. The van der Waals surface area contributed by atoms with Crippen LogP contribution in [-0.4, -0.2) is 44.1 Å². The first-order valence-corrected chi connectivity index (χ1v) is 7.14. The maximum Gasteiger partial charge on any atom is 0.241 e. The van der Waals surface area contributed by atoms with Crippen LogP contribution < -0.4 is 15.8 Å². The molecule has 0 radical (unpaired) electrons. The highest BCUT2D eigenvalue weighted by Gasteiger charge is 2.27. The zero-order chi connectivity index (χ0) is 16.0. The third-order valence-corrected chi connectivity index (χ3v) is 3.14. The Bertz CT molecular complexity index is 450. The predicted octanol–water partition coefficient (Wildman–Crippen LogP) is 1.94. The Balaban J connectivity index is 2.53. The zero-order valence-electron chi connectivity index (χ0n) is 13.6. The molecule has 0 fully saturated rings. The van der Waals surface area contributed by atoms with E-state index in [4.69, 9.17) is 10.5 Å². The Labute approximate surface area is 127 Å². The highest BCUT2D eigenvalue weighted by Crippen LogP contribution is 2.20. The number of hydrogen-bond donors (Lipinski definition) is 2. The smallest absolute Gasteiger partial charge is 0.241 e. The Hall–Kier alpha value is -1.59. The van der Waals surface area contributed by atoms with Gasteiger partial charge in [-0.1, -0.05) is 20.8 Å². The summed E-state index contributed by atoms with van der Waals surface area (Å²) in [7, 11) is 4.00. The molecule has 0 spiro atoms. The van der Waals surface area contributed by atoms with Crippen LogP contribution >= 0.6 is 0 Å². The molecule has 0 bridgehead atoms. The molecule has 0 aliphatic rings. The fourth-order valence-electron chi connectivity index (χ4n) is 1.59. The molecule has 1 rings (SSSR count). The highest BCUT2D eigenvalue weighted by atomic mass is 16.5. The van der Waals surface area contributed by atoms with Crippen molar-refractivity contribution in [2.45, 2.75) is 26.8 Å². The van der Waals surface area contributed by atoms with Gasteiger partial charge in [0.05, 0.1) is 6.04 Å². The molecule has 1 amide bonds. The fourth-order valence-corrected chi connectivity index (χ4v) is 1.59. The average molecular weight is 293 g/mol. The van der Waals surface area contributed by atoms with Crippen molar-refractivity contribution in [3.05, 3.63) is 24.3 Å². The molecular weight excluding hydrogens is 266 g/mol. The van der Waals surface area contributed by atoms with E-state index in [2.05, 4.69) is 10.2 Å². The molecule has 1 aromatic carbocycles. The lowest BCUT2D eigenvalue weighted by Crippen LogP contribution is -2.45. The lowest BCUT2D eigenvalue weighted by molar-refractivity contribution is -0.119. The number of amides is 1. The number of benzene rings is 1. The number of nitrogens with zero attached hydrogens (tertiary/aromatic N) is 1. The largest absolute Gasteiger partial charge is 0.492 e. The minimum Gasteiger partial charge on any atom is -0.492 e. The standard InChI is InChI=1S/C16H27N3O2/c1-16(2,3)14(17)15(20)18-12-6-8-13(9-7-12)21-11-10-19(4)5/h6-9,14H,10-11,17H2,1-5H3,(H,18,20)/t14-/m1/s1. The van der Waals surface area contributed by atoms with Gasteiger partial charge < -0.3 is 20.7 Å². The summed E-state index contributed by atoms with van der Waals surface area (Å²) in [6.07, 6.45) is 0. The maximum atomic E-state index is 12.0. The van der Waals surface area contributed by atoms with Gasteiger partial charge in [0.25, 0.3) is 0 Å². The van der Waals surface area contributed by atoms with Gasteiger partial charge >= 0.3 is 0 Å². The molecule has 0 saturated heterocycles. The van der Waals surface area contributed by atoms with Crippen LogP contribution in [0.4, 0.5) is 5.69 Å². The Morgan fingerprint density at radius 2 is 1.86 bits per heavy atom. The summed E-state index contributed by atoms with van der Waals surface area (Å²) >= 11 is 0. The third-order valence-electron chi connectivity index (χ3n) is 3.14. The number of hydrogen-bond acceptors (Lipinski definition) is 4. The summed E-state index contributed by atoms with van der Waals surface area (Å²) in [6.45, 7) is 7.32. The molecule has 0 aliphatic carbocycles. The van der Waals surface area contributed by atoms with Crippen molar-refractivity contribution >= 4 is 11.6 Å². The van der Waals surface area contributed by atoms with Crippen LogP contribution in [0.25, 0.3) is 0 Å². The number of carbonyl (C=O) groups is 1. The normalized spacial score (nSPS) is 13.1. The average Bonchev–Trinajstić information content (AvgIpc) is 2.38. The van der Waals surface area contributed by atoms with E-state index in [0.717, 1.165) is 18.0 Å². The van der Waals surface area contributed by atoms with Crippen molar-refractivity contribution in [1.82, 2.24) is 4.90 Å². The molecule has 0 aromatic heterocycles. The van der Waals surface area contributed by atoms with Crippen molar-refractivity contribution < 1.29 is 9.53 Å². The van der Waals surface area contributed by atoms with Gasteiger partial charge in [-0.2, -0.15) is 0 Å². The second-order valence-corrected chi connectivity index (χ2v) is 6.51. The molecule has 0 aliphatic heterocycles. The summed E-state index contributed by atoms with van der Waals surface area (Å²) in [5.41, 5.74) is 6.38. The zero-order valence-corrected chi connectivity index (χ0v) is 13.6. The molecule has 3 N–H and O–H groups in total. The fraction of sp³-hybridized carbons (Fsp3) is 0.562. The van der Waals surface area contributed by atoms with Gasteiger partial charge in [0.15, 0.2) is 0 Å². The lowest BCUT2D eigenvalue weighted by Gasteiger charge is -2.25. The first-order valence-electron chi connectivity index (χ1n) is 7.14. The maximum absolute atomic E-state index is 12.0. The van der Waals surface area contributed by atoms with Crippen LogP contribution in [0.5, 0.6) is 5.75 Å². The van der Waals surface area contributed by atoms with E-state index < -0.39 is 6.04 Å². The van der Waals surface area contributed by atoms with Crippen LogP contribution in [0.2, 0.25) is 0 Å². The van der Waals surface area contributed by atoms with Crippen molar-refractivity contribution in [3.8, 4) is 5.75 Å². The minimum atomic E-state index is -0.548. The van der Waals surface area contributed by atoms with E-state index in [1.165, 1.54) is 0 Å². The molecule has 0 unspecified atom stereocenters. The van der Waals surface area contributed by atoms with Gasteiger partial charge in [-0.15, -0.1) is 0 Å². The quantitative estimate of drug-likeness (QED) is 0.841. The van der Waals surface area contributed by atoms with Crippen LogP contribution in [0.3, 0.4) is 0 Å². The number of nitrogens with one attached hydrogen (secondary N) is 1. The van der Waals surface area contributed by atoms with Crippen LogP contribution in [0.15, 0.2) is 24.3 Å². The number of likely N-dealkylation sites (N-methyl/N-ethyl adjacent to an activating group) is 1. The molecule has 21 heavy (non-hydrogen) atoms. The third kappa shape index (κ3) is 6.14. The second kappa shape index (κ2) is 7.43. The molecular formula is C16H27N3O2. The lowest BCUT2D eigenvalue weighted by atomic mass is 9.87. The summed E-state index contributed by atoms with van der Waals surface area (Å²) in [6, 6.07) is 6.77. The minimum absolute atomic E-state index is 0.177. The molecule has 1 atom stereocenters. The van der Waals surface area contributed by atoms with Gasteiger partial charge in [-0.05, 0) is 43.8 Å². The van der Waals surface area contributed by atoms with E-state index in [9.17, 15) is 4.79 Å². The van der Waals surface area contributed by atoms with Gasteiger partial charge in [0.1, 0.15) is 12.4 Å².